The maximum atomic E-state index is 11.1. The van der Waals surface area contributed by atoms with Crippen molar-refractivity contribution in [2.45, 2.75) is 32.1 Å². The first kappa shape index (κ1) is 10.5. The van der Waals surface area contributed by atoms with Crippen LogP contribution in [-0.4, -0.2) is 14.3 Å². The summed E-state index contributed by atoms with van der Waals surface area (Å²) in [5.74, 6) is -0.222. The first-order valence-electron chi connectivity index (χ1n) is 5.04. The van der Waals surface area contributed by atoms with Crippen LogP contribution in [0.1, 0.15) is 32.1 Å². The quantitative estimate of drug-likeness (QED) is 0.726. The number of allylic oxidation sites excluding steroid dienone is 1. The highest BCUT2D eigenvalue weighted by Crippen LogP contribution is 2.31. The largest absolute Gasteiger partial charge is 0.409 e. The zero-order chi connectivity index (χ0) is 10.9. The predicted molar refractivity (Wildman–Crippen MR) is 52.8 cm³/mol. The topological polar surface area (TPSA) is 72.5 Å². The average Bonchev–Trinajstić information content (AvgIpc) is 2.16. The van der Waals surface area contributed by atoms with Crippen LogP contribution in [0.3, 0.4) is 0 Å². The third kappa shape index (κ3) is 2.50. The monoisotopic (exact) mass is 231 g/mol. The maximum Gasteiger partial charge on any atom is 0.409 e. The average molecular weight is 231 g/mol. The van der Waals surface area contributed by atoms with E-state index in [-0.39, 0.29) is 5.92 Å². The molecule has 2 rings (SSSR count). The minimum absolute atomic E-state index is 0.0829. The van der Waals surface area contributed by atoms with E-state index in [9.17, 15) is 13.2 Å². The second-order valence-electron chi connectivity index (χ2n) is 3.89. The molecule has 15 heavy (non-hydrogen) atoms. The Bertz CT molecular complexity index is 392. The molecule has 0 aromatic heterocycles. The standard InChI is InChI=1S/C9H13NO4S/c11-9-6-8(14-15(12,13)10-9)7-4-2-1-3-5-7/h6-7H,1-5H2,(H,10,11). The summed E-state index contributed by atoms with van der Waals surface area (Å²) in [4.78, 5) is 11.1. The smallest absolute Gasteiger partial charge is 0.371 e. The summed E-state index contributed by atoms with van der Waals surface area (Å²) in [6.45, 7) is 0. The molecule has 0 bridgehead atoms. The molecule has 1 saturated carbocycles. The highest BCUT2D eigenvalue weighted by molar-refractivity contribution is 7.85. The molecule has 1 N–H and O–H groups in total. The Hall–Kier alpha value is -1.04. The zero-order valence-corrected chi connectivity index (χ0v) is 9.05. The normalized spacial score (nSPS) is 26.4. The van der Waals surface area contributed by atoms with Crippen molar-refractivity contribution in [1.29, 1.82) is 0 Å². The van der Waals surface area contributed by atoms with Gasteiger partial charge in [-0.2, -0.15) is 8.42 Å². The van der Waals surface area contributed by atoms with Crippen molar-refractivity contribution in [3.63, 3.8) is 0 Å². The first-order valence-corrected chi connectivity index (χ1v) is 6.45. The molecule has 1 aliphatic heterocycles. The van der Waals surface area contributed by atoms with E-state index < -0.39 is 16.2 Å². The zero-order valence-electron chi connectivity index (χ0n) is 8.23. The van der Waals surface area contributed by atoms with E-state index in [1.54, 1.807) is 4.72 Å². The Morgan fingerprint density at radius 2 is 1.93 bits per heavy atom. The van der Waals surface area contributed by atoms with Crippen molar-refractivity contribution < 1.29 is 17.4 Å². The minimum atomic E-state index is -3.90. The molecule has 0 aromatic rings. The van der Waals surface area contributed by atoms with Crippen molar-refractivity contribution in [3.05, 3.63) is 11.8 Å². The molecule has 0 spiro atoms. The molecule has 6 heteroatoms. The van der Waals surface area contributed by atoms with Gasteiger partial charge in [0.1, 0.15) is 5.76 Å². The third-order valence-corrected chi connectivity index (χ3v) is 3.58. The van der Waals surface area contributed by atoms with E-state index in [0.29, 0.717) is 5.76 Å². The Labute approximate surface area is 88.8 Å². The van der Waals surface area contributed by atoms with Crippen LogP contribution in [-0.2, 0) is 19.3 Å². The van der Waals surface area contributed by atoms with Crippen molar-refractivity contribution >= 4 is 16.2 Å². The van der Waals surface area contributed by atoms with Crippen molar-refractivity contribution in [2.75, 3.05) is 0 Å². The molecule has 5 nitrogen and oxygen atoms in total. The highest BCUT2D eigenvalue weighted by Gasteiger charge is 2.29. The molecule has 0 saturated heterocycles. The molecule has 0 atom stereocenters. The lowest BCUT2D eigenvalue weighted by Crippen LogP contribution is -2.36. The van der Waals surface area contributed by atoms with E-state index in [1.165, 1.54) is 12.5 Å². The highest BCUT2D eigenvalue weighted by atomic mass is 32.2. The van der Waals surface area contributed by atoms with Crippen LogP contribution in [0.5, 0.6) is 0 Å². The summed E-state index contributed by atoms with van der Waals surface area (Å²) in [6, 6.07) is 0. The molecular formula is C9H13NO4S. The van der Waals surface area contributed by atoms with Gasteiger partial charge in [-0.3, -0.25) is 4.79 Å². The van der Waals surface area contributed by atoms with Gasteiger partial charge in [-0.05, 0) is 12.8 Å². The SMILES string of the molecule is O=C1C=C(C2CCCCC2)OS(=O)(=O)N1. The molecule has 1 amide bonds. The van der Waals surface area contributed by atoms with Crippen LogP contribution in [0.2, 0.25) is 0 Å². The summed E-state index contributed by atoms with van der Waals surface area (Å²) < 4.78 is 28.8. The van der Waals surface area contributed by atoms with Crippen LogP contribution in [0.4, 0.5) is 0 Å². The van der Waals surface area contributed by atoms with Gasteiger partial charge in [0, 0.05) is 12.0 Å². The van der Waals surface area contributed by atoms with E-state index in [4.69, 9.17) is 4.18 Å². The molecule has 84 valence electrons. The van der Waals surface area contributed by atoms with Gasteiger partial charge in [0.2, 0.25) is 0 Å². The number of nitrogens with one attached hydrogen (secondary N) is 1. The fraction of sp³-hybridized carbons (Fsp3) is 0.667. The maximum absolute atomic E-state index is 11.1. The van der Waals surface area contributed by atoms with E-state index in [0.717, 1.165) is 25.7 Å². The number of hydrogen-bond acceptors (Lipinski definition) is 4. The van der Waals surface area contributed by atoms with Gasteiger partial charge >= 0.3 is 10.3 Å². The van der Waals surface area contributed by atoms with Gasteiger partial charge in [-0.25, -0.2) is 4.72 Å². The van der Waals surface area contributed by atoms with Crippen molar-refractivity contribution in [2.24, 2.45) is 5.92 Å². The number of amides is 1. The van der Waals surface area contributed by atoms with Gasteiger partial charge in [0.05, 0.1) is 0 Å². The van der Waals surface area contributed by atoms with Gasteiger partial charge in [0.15, 0.2) is 0 Å². The summed E-state index contributed by atoms with van der Waals surface area (Å²) in [7, 11) is -3.90. The van der Waals surface area contributed by atoms with Gasteiger partial charge in [-0.1, -0.05) is 19.3 Å². The van der Waals surface area contributed by atoms with Gasteiger partial charge in [0.25, 0.3) is 5.91 Å². The van der Waals surface area contributed by atoms with E-state index in [1.807, 2.05) is 0 Å². The van der Waals surface area contributed by atoms with E-state index in [2.05, 4.69) is 0 Å². The summed E-state index contributed by atoms with van der Waals surface area (Å²) in [5, 5.41) is 0. The number of hydrogen-bond donors (Lipinski definition) is 1. The summed E-state index contributed by atoms with van der Waals surface area (Å²) >= 11 is 0. The number of carbonyl (C=O) groups is 1. The molecular weight excluding hydrogens is 218 g/mol. The lowest BCUT2D eigenvalue weighted by Gasteiger charge is -2.25. The molecule has 1 heterocycles. The molecule has 1 fully saturated rings. The molecule has 1 aliphatic carbocycles. The summed E-state index contributed by atoms with van der Waals surface area (Å²) in [5.41, 5.74) is 0. The lowest BCUT2D eigenvalue weighted by molar-refractivity contribution is -0.115. The third-order valence-electron chi connectivity index (χ3n) is 2.71. The minimum Gasteiger partial charge on any atom is -0.371 e. The molecule has 0 unspecified atom stereocenters. The molecule has 2 aliphatic rings. The second kappa shape index (κ2) is 3.84. The number of carbonyl (C=O) groups excluding carboxylic acids is 1. The Morgan fingerprint density at radius 3 is 2.53 bits per heavy atom. The van der Waals surface area contributed by atoms with Gasteiger partial charge in [-0.15, -0.1) is 0 Å². The van der Waals surface area contributed by atoms with Crippen LogP contribution < -0.4 is 4.72 Å². The molecule has 0 radical (unpaired) electrons. The Morgan fingerprint density at radius 1 is 1.27 bits per heavy atom. The first-order chi connectivity index (χ1) is 7.07. The Kier molecular flexibility index (Phi) is 2.68. The van der Waals surface area contributed by atoms with E-state index >= 15 is 0 Å². The van der Waals surface area contributed by atoms with Crippen molar-refractivity contribution in [1.82, 2.24) is 4.72 Å². The fourth-order valence-electron chi connectivity index (χ4n) is 2.03. The van der Waals surface area contributed by atoms with Crippen molar-refractivity contribution in [3.8, 4) is 0 Å². The lowest BCUT2D eigenvalue weighted by atomic mass is 9.88. The second-order valence-corrected chi connectivity index (χ2v) is 5.16. The van der Waals surface area contributed by atoms with Crippen LogP contribution in [0.25, 0.3) is 0 Å². The van der Waals surface area contributed by atoms with Crippen LogP contribution in [0.15, 0.2) is 11.8 Å². The number of rotatable bonds is 1. The van der Waals surface area contributed by atoms with Crippen LogP contribution in [0, 0.1) is 5.92 Å². The fourth-order valence-corrected chi connectivity index (χ4v) is 2.81. The van der Waals surface area contributed by atoms with Crippen LogP contribution >= 0.6 is 0 Å². The predicted octanol–water partition coefficient (Wildman–Crippen LogP) is 0.842. The Balaban J connectivity index is 2.17. The van der Waals surface area contributed by atoms with Gasteiger partial charge < -0.3 is 4.18 Å². The molecule has 0 aromatic carbocycles. The summed E-state index contributed by atoms with van der Waals surface area (Å²) in [6.07, 6.45) is 6.34.